The molecule has 1 aromatic heterocycles. The highest BCUT2D eigenvalue weighted by atomic mass is 79.9. The number of aromatic nitrogens is 1. The minimum absolute atomic E-state index is 0.633. The normalized spacial score (nSPS) is 19.8. The molecule has 0 spiro atoms. The number of benzene rings is 2. The summed E-state index contributed by atoms with van der Waals surface area (Å²) in [6.07, 6.45) is 3.21. The van der Waals surface area contributed by atoms with Crippen LogP contribution in [0.1, 0.15) is 23.2 Å². The Labute approximate surface area is 143 Å². The SMILES string of the molecule is COc1cccc2c(C3(O)CCc4c(Br)cccc43)nccc12. The Morgan fingerprint density at radius 3 is 2.78 bits per heavy atom. The first-order valence-corrected chi connectivity index (χ1v) is 8.37. The molecule has 1 heterocycles. The summed E-state index contributed by atoms with van der Waals surface area (Å²) in [6.45, 7) is 0. The lowest BCUT2D eigenvalue weighted by molar-refractivity contribution is 0.0800. The van der Waals surface area contributed by atoms with Crippen LogP contribution in [0.15, 0.2) is 53.1 Å². The second kappa shape index (κ2) is 5.32. The first-order valence-electron chi connectivity index (χ1n) is 7.57. The van der Waals surface area contributed by atoms with Crippen LogP contribution in [-0.2, 0) is 12.0 Å². The number of nitrogens with zero attached hydrogens (tertiary/aromatic N) is 1. The van der Waals surface area contributed by atoms with Gasteiger partial charge in [-0.3, -0.25) is 4.98 Å². The Morgan fingerprint density at radius 2 is 1.96 bits per heavy atom. The van der Waals surface area contributed by atoms with E-state index in [4.69, 9.17) is 4.74 Å². The number of halogens is 1. The largest absolute Gasteiger partial charge is 0.496 e. The molecule has 0 radical (unpaired) electrons. The van der Waals surface area contributed by atoms with Crippen LogP contribution in [0.3, 0.4) is 0 Å². The molecule has 0 amide bonds. The maximum Gasteiger partial charge on any atom is 0.133 e. The van der Waals surface area contributed by atoms with Crippen LogP contribution < -0.4 is 4.74 Å². The molecular weight excluding hydrogens is 354 g/mol. The molecule has 1 unspecified atom stereocenters. The number of hydrogen-bond donors (Lipinski definition) is 1. The van der Waals surface area contributed by atoms with Gasteiger partial charge in [0.05, 0.1) is 12.8 Å². The van der Waals surface area contributed by atoms with E-state index in [0.717, 1.165) is 38.5 Å². The minimum Gasteiger partial charge on any atom is -0.496 e. The van der Waals surface area contributed by atoms with Crippen LogP contribution in [0.25, 0.3) is 10.8 Å². The van der Waals surface area contributed by atoms with Gasteiger partial charge >= 0.3 is 0 Å². The average Bonchev–Trinajstić information content (AvgIpc) is 2.93. The number of aliphatic hydroxyl groups is 1. The average molecular weight is 370 g/mol. The third kappa shape index (κ3) is 2.09. The van der Waals surface area contributed by atoms with E-state index in [2.05, 4.69) is 20.9 Å². The third-order valence-electron chi connectivity index (χ3n) is 4.68. The number of ether oxygens (including phenoxy) is 1. The fraction of sp³-hybridized carbons (Fsp3) is 0.211. The fourth-order valence-corrected chi connectivity index (χ4v) is 4.14. The van der Waals surface area contributed by atoms with E-state index in [1.165, 1.54) is 0 Å². The molecule has 0 saturated carbocycles. The van der Waals surface area contributed by atoms with Gasteiger partial charge in [-0.2, -0.15) is 0 Å². The number of hydrogen-bond acceptors (Lipinski definition) is 3. The summed E-state index contributed by atoms with van der Waals surface area (Å²) in [5.74, 6) is 0.794. The summed E-state index contributed by atoms with van der Waals surface area (Å²) >= 11 is 3.59. The molecular formula is C19H16BrNO2. The fourth-order valence-electron chi connectivity index (χ4n) is 3.57. The van der Waals surface area contributed by atoms with Crippen LogP contribution >= 0.6 is 15.9 Å². The topological polar surface area (TPSA) is 42.4 Å². The smallest absolute Gasteiger partial charge is 0.133 e. The van der Waals surface area contributed by atoms with Gasteiger partial charge in [0.2, 0.25) is 0 Å². The Kier molecular flexibility index (Phi) is 3.39. The maximum absolute atomic E-state index is 11.5. The van der Waals surface area contributed by atoms with Crippen molar-refractivity contribution < 1.29 is 9.84 Å². The van der Waals surface area contributed by atoms with Gasteiger partial charge in [-0.25, -0.2) is 0 Å². The first-order chi connectivity index (χ1) is 11.1. The van der Waals surface area contributed by atoms with Gasteiger partial charge in [-0.1, -0.05) is 40.2 Å². The minimum atomic E-state index is -1.06. The molecule has 4 rings (SSSR count). The van der Waals surface area contributed by atoms with Crippen LogP contribution in [0.5, 0.6) is 5.75 Å². The van der Waals surface area contributed by atoms with Crippen LogP contribution in [0.2, 0.25) is 0 Å². The van der Waals surface area contributed by atoms with Gasteiger partial charge in [0.1, 0.15) is 11.4 Å². The van der Waals surface area contributed by atoms with E-state index in [0.29, 0.717) is 12.1 Å². The van der Waals surface area contributed by atoms with Crippen LogP contribution in [-0.4, -0.2) is 17.2 Å². The highest BCUT2D eigenvalue weighted by molar-refractivity contribution is 9.10. The van der Waals surface area contributed by atoms with Crippen molar-refractivity contribution in [2.75, 3.05) is 7.11 Å². The van der Waals surface area contributed by atoms with E-state index < -0.39 is 5.60 Å². The molecule has 0 fully saturated rings. The molecule has 0 aliphatic heterocycles. The maximum atomic E-state index is 11.5. The van der Waals surface area contributed by atoms with Gasteiger partial charge < -0.3 is 9.84 Å². The van der Waals surface area contributed by atoms with Gasteiger partial charge in [0.25, 0.3) is 0 Å². The monoisotopic (exact) mass is 369 g/mol. The molecule has 1 N–H and O–H groups in total. The molecule has 3 aromatic rings. The van der Waals surface area contributed by atoms with Crippen molar-refractivity contribution in [2.24, 2.45) is 0 Å². The second-order valence-electron chi connectivity index (χ2n) is 5.84. The Balaban J connectivity index is 2.00. The molecule has 3 nitrogen and oxygen atoms in total. The second-order valence-corrected chi connectivity index (χ2v) is 6.70. The highest BCUT2D eigenvalue weighted by Gasteiger charge is 2.41. The lowest BCUT2D eigenvalue weighted by atomic mass is 9.89. The zero-order valence-electron chi connectivity index (χ0n) is 12.7. The van der Waals surface area contributed by atoms with E-state index >= 15 is 0 Å². The zero-order valence-corrected chi connectivity index (χ0v) is 14.3. The highest BCUT2D eigenvalue weighted by Crippen LogP contribution is 2.46. The summed E-state index contributed by atoms with van der Waals surface area (Å²) in [7, 11) is 1.66. The summed E-state index contributed by atoms with van der Waals surface area (Å²) < 4.78 is 6.49. The van der Waals surface area contributed by atoms with Gasteiger partial charge in [0, 0.05) is 21.4 Å². The van der Waals surface area contributed by atoms with Crippen molar-refractivity contribution in [1.29, 1.82) is 0 Å². The molecule has 1 atom stereocenters. The van der Waals surface area contributed by atoms with Crippen molar-refractivity contribution in [3.8, 4) is 5.75 Å². The van der Waals surface area contributed by atoms with Crippen molar-refractivity contribution >= 4 is 26.7 Å². The molecule has 1 aliphatic carbocycles. The molecule has 23 heavy (non-hydrogen) atoms. The summed E-state index contributed by atoms with van der Waals surface area (Å²) in [5.41, 5.74) is 1.74. The van der Waals surface area contributed by atoms with E-state index in [1.54, 1.807) is 13.3 Å². The number of rotatable bonds is 2. The van der Waals surface area contributed by atoms with Crippen molar-refractivity contribution in [1.82, 2.24) is 4.98 Å². The third-order valence-corrected chi connectivity index (χ3v) is 5.42. The first kappa shape index (κ1) is 14.7. The van der Waals surface area contributed by atoms with Crippen molar-refractivity contribution in [3.05, 3.63) is 70.0 Å². The zero-order chi connectivity index (χ0) is 16.0. The van der Waals surface area contributed by atoms with Gasteiger partial charge in [-0.15, -0.1) is 0 Å². The number of fused-ring (bicyclic) bond motifs is 2. The van der Waals surface area contributed by atoms with Gasteiger partial charge in [0.15, 0.2) is 0 Å². The number of pyridine rings is 1. The van der Waals surface area contributed by atoms with Crippen molar-refractivity contribution in [3.63, 3.8) is 0 Å². The Hall–Kier alpha value is -1.91. The lowest BCUT2D eigenvalue weighted by Gasteiger charge is -2.25. The van der Waals surface area contributed by atoms with E-state index in [9.17, 15) is 5.11 Å². The van der Waals surface area contributed by atoms with Gasteiger partial charge in [-0.05, 0) is 42.2 Å². The van der Waals surface area contributed by atoms with Crippen molar-refractivity contribution in [2.45, 2.75) is 18.4 Å². The van der Waals surface area contributed by atoms with Crippen LogP contribution in [0, 0.1) is 0 Å². The summed E-state index contributed by atoms with van der Waals surface area (Å²) in [6, 6.07) is 13.8. The predicted octanol–water partition coefficient (Wildman–Crippen LogP) is 4.19. The lowest BCUT2D eigenvalue weighted by Crippen LogP contribution is -2.25. The quantitative estimate of drug-likeness (QED) is 0.736. The molecule has 4 heteroatoms. The molecule has 0 saturated heterocycles. The number of methoxy groups -OCH3 is 1. The summed E-state index contributed by atoms with van der Waals surface area (Å²) in [5, 5.41) is 13.4. The van der Waals surface area contributed by atoms with E-state index in [1.807, 2.05) is 42.5 Å². The standard InChI is InChI=1S/C19H16BrNO2/c1-23-17-7-2-4-13-12(17)9-11-21-18(13)19(22)10-8-14-15(19)5-3-6-16(14)20/h2-7,9,11,22H,8,10H2,1H3. The predicted molar refractivity (Wildman–Crippen MR) is 93.8 cm³/mol. The Bertz CT molecular complexity index is 909. The molecule has 0 bridgehead atoms. The molecule has 116 valence electrons. The molecule has 1 aliphatic rings. The summed E-state index contributed by atoms with van der Waals surface area (Å²) in [4.78, 5) is 4.54. The Morgan fingerprint density at radius 1 is 1.13 bits per heavy atom. The van der Waals surface area contributed by atoms with E-state index in [-0.39, 0.29) is 0 Å². The molecule has 2 aromatic carbocycles. The van der Waals surface area contributed by atoms with Crippen LogP contribution in [0.4, 0.5) is 0 Å².